The summed E-state index contributed by atoms with van der Waals surface area (Å²) in [6.07, 6.45) is 3.78. The van der Waals surface area contributed by atoms with Gasteiger partial charge in [0, 0.05) is 23.0 Å². The summed E-state index contributed by atoms with van der Waals surface area (Å²) < 4.78 is 12.8. The molecule has 4 aromatic rings. The minimum atomic E-state index is -1.12. The van der Waals surface area contributed by atoms with Crippen LogP contribution in [0.3, 0.4) is 0 Å². The lowest BCUT2D eigenvalue weighted by molar-refractivity contribution is -0.139. The van der Waals surface area contributed by atoms with Crippen molar-refractivity contribution in [3.05, 3.63) is 113 Å². The number of para-hydroxylation sites is 2. The highest BCUT2D eigenvalue weighted by Crippen LogP contribution is 2.33. The van der Waals surface area contributed by atoms with E-state index in [0.717, 1.165) is 47.8 Å². The molecule has 1 fully saturated rings. The fraction of sp³-hybridized carbons (Fsp3) is 0.257. The minimum absolute atomic E-state index is 0.128. The first-order chi connectivity index (χ1) is 21.0. The van der Waals surface area contributed by atoms with E-state index in [0.29, 0.717) is 22.4 Å². The second-order valence-electron chi connectivity index (χ2n) is 10.6. The summed E-state index contributed by atoms with van der Waals surface area (Å²) in [7, 11) is 0. The molecule has 0 bridgehead atoms. The van der Waals surface area contributed by atoms with Gasteiger partial charge < -0.3 is 19.9 Å². The van der Waals surface area contributed by atoms with Crippen molar-refractivity contribution in [3.63, 3.8) is 0 Å². The number of piperidine rings is 1. The zero-order chi connectivity index (χ0) is 30.0. The Balaban J connectivity index is 1.25. The summed E-state index contributed by atoms with van der Waals surface area (Å²) in [5, 5.41) is 12.7. The Hall–Kier alpha value is -4.14. The third kappa shape index (κ3) is 8.46. The molecule has 1 amide bonds. The van der Waals surface area contributed by atoms with Crippen molar-refractivity contribution in [3.8, 4) is 28.4 Å². The number of hydrogen-bond donors (Lipinski definition) is 2. The molecule has 222 valence electrons. The Morgan fingerprint density at radius 2 is 1.58 bits per heavy atom. The number of nitrogens with one attached hydrogen (secondary N) is 1. The van der Waals surface area contributed by atoms with E-state index >= 15 is 0 Å². The second-order valence-corrected chi connectivity index (χ2v) is 11.5. The maximum Gasteiger partial charge on any atom is 0.326 e. The zero-order valence-corrected chi connectivity index (χ0v) is 25.5. The van der Waals surface area contributed by atoms with E-state index in [1.165, 1.54) is 19.3 Å². The number of carbonyl (C=O) groups excluding carboxylic acids is 1. The maximum absolute atomic E-state index is 13.3. The highest BCUT2D eigenvalue weighted by molar-refractivity contribution is 9.10. The lowest BCUT2D eigenvalue weighted by atomic mass is 9.99. The Kier molecular flexibility index (Phi) is 10.5. The van der Waals surface area contributed by atoms with Gasteiger partial charge in [0.2, 0.25) is 0 Å². The third-order valence-corrected chi connectivity index (χ3v) is 7.96. The van der Waals surface area contributed by atoms with Crippen LogP contribution in [0.25, 0.3) is 11.1 Å². The minimum Gasteiger partial charge on any atom is -0.491 e. The quantitative estimate of drug-likeness (QED) is 0.170. The topological polar surface area (TPSA) is 88.1 Å². The first-order valence-electron chi connectivity index (χ1n) is 14.6. The number of carbonyl (C=O) groups is 2. The van der Waals surface area contributed by atoms with Crippen LogP contribution in [-0.4, -0.2) is 54.2 Å². The molecule has 5 rings (SSSR count). The van der Waals surface area contributed by atoms with Crippen LogP contribution in [0.4, 0.5) is 0 Å². The van der Waals surface area contributed by atoms with E-state index in [4.69, 9.17) is 9.47 Å². The number of benzene rings is 4. The van der Waals surface area contributed by atoms with E-state index in [9.17, 15) is 14.7 Å². The average Bonchev–Trinajstić information content (AvgIpc) is 3.03. The Morgan fingerprint density at radius 3 is 2.33 bits per heavy atom. The number of ether oxygens (including phenoxy) is 2. The van der Waals surface area contributed by atoms with Gasteiger partial charge in [-0.05, 0) is 73.5 Å². The number of carboxylic acids is 1. The highest BCUT2D eigenvalue weighted by Gasteiger charge is 2.24. The number of amides is 1. The van der Waals surface area contributed by atoms with Crippen molar-refractivity contribution in [2.75, 3.05) is 26.2 Å². The second kappa shape index (κ2) is 14.8. The first-order valence-corrected chi connectivity index (χ1v) is 15.4. The highest BCUT2D eigenvalue weighted by atomic mass is 79.9. The van der Waals surface area contributed by atoms with Crippen molar-refractivity contribution in [1.29, 1.82) is 0 Å². The molecular weight excluding hydrogens is 608 g/mol. The Morgan fingerprint density at radius 1 is 0.860 bits per heavy atom. The summed E-state index contributed by atoms with van der Waals surface area (Å²) in [5.41, 5.74) is 2.94. The predicted octanol–water partition coefficient (Wildman–Crippen LogP) is 7.20. The lowest BCUT2D eigenvalue weighted by Crippen LogP contribution is -2.42. The molecule has 0 aliphatic carbocycles. The van der Waals surface area contributed by atoms with Crippen molar-refractivity contribution in [1.82, 2.24) is 10.2 Å². The Bertz CT molecular complexity index is 1520. The first kappa shape index (κ1) is 30.3. The molecule has 1 heterocycles. The number of halogens is 1. The molecule has 2 N–H and O–H groups in total. The van der Waals surface area contributed by atoms with E-state index < -0.39 is 17.9 Å². The van der Waals surface area contributed by atoms with Crippen molar-refractivity contribution < 1.29 is 24.2 Å². The molecule has 0 unspecified atom stereocenters. The maximum atomic E-state index is 13.3. The average molecular weight is 644 g/mol. The molecule has 0 spiro atoms. The van der Waals surface area contributed by atoms with Crippen LogP contribution >= 0.6 is 15.9 Å². The molecule has 0 aromatic heterocycles. The smallest absolute Gasteiger partial charge is 0.326 e. The van der Waals surface area contributed by atoms with Crippen LogP contribution in [0.15, 0.2) is 102 Å². The van der Waals surface area contributed by atoms with Crippen molar-refractivity contribution in [2.45, 2.75) is 31.7 Å². The predicted molar refractivity (Wildman–Crippen MR) is 171 cm³/mol. The van der Waals surface area contributed by atoms with Gasteiger partial charge in [-0.25, -0.2) is 4.79 Å². The van der Waals surface area contributed by atoms with E-state index in [2.05, 4.69) is 26.1 Å². The van der Waals surface area contributed by atoms with Gasteiger partial charge in [0.1, 0.15) is 29.9 Å². The summed E-state index contributed by atoms with van der Waals surface area (Å²) in [5.74, 6) is 0.294. The zero-order valence-electron chi connectivity index (χ0n) is 23.9. The molecule has 43 heavy (non-hydrogen) atoms. The van der Waals surface area contributed by atoms with Gasteiger partial charge in [0.05, 0.1) is 5.56 Å². The van der Waals surface area contributed by atoms with Crippen LogP contribution in [0.5, 0.6) is 17.2 Å². The van der Waals surface area contributed by atoms with Gasteiger partial charge in [-0.15, -0.1) is 0 Å². The fourth-order valence-corrected chi connectivity index (χ4v) is 5.54. The largest absolute Gasteiger partial charge is 0.491 e. The monoisotopic (exact) mass is 642 g/mol. The summed E-state index contributed by atoms with van der Waals surface area (Å²) in [4.78, 5) is 27.9. The molecule has 1 aliphatic heterocycles. The van der Waals surface area contributed by atoms with E-state index in [1.54, 1.807) is 12.1 Å². The molecule has 8 heteroatoms. The summed E-state index contributed by atoms with van der Waals surface area (Å²) >= 11 is 3.42. The molecule has 1 atom stereocenters. The molecule has 0 saturated carbocycles. The molecule has 4 aromatic carbocycles. The molecule has 0 radical (unpaired) electrons. The number of aliphatic carboxylic acids is 1. The van der Waals surface area contributed by atoms with Crippen LogP contribution in [0.1, 0.15) is 35.2 Å². The van der Waals surface area contributed by atoms with E-state index in [1.807, 2.05) is 84.9 Å². The normalized spacial score (nSPS) is 14.1. The van der Waals surface area contributed by atoms with Crippen molar-refractivity contribution in [2.24, 2.45) is 0 Å². The number of likely N-dealkylation sites (tertiary alicyclic amines) is 1. The third-order valence-electron chi connectivity index (χ3n) is 7.47. The molecule has 1 aliphatic rings. The van der Waals surface area contributed by atoms with Crippen LogP contribution in [0, 0.1) is 0 Å². The van der Waals surface area contributed by atoms with E-state index in [-0.39, 0.29) is 6.42 Å². The van der Waals surface area contributed by atoms with Crippen LogP contribution in [0.2, 0.25) is 0 Å². The van der Waals surface area contributed by atoms with Gasteiger partial charge in [-0.2, -0.15) is 0 Å². The molecular formula is C35H35BrN2O5. The SMILES string of the molecule is O=C(N[C@@H](Cc1ccc(-c2ccccc2Oc2ccccc2)cc1)C(=O)O)c1cc(Br)ccc1OCCN1CCCCC1. The standard InChI is InChI=1S/C35H35BrN2O5/c36-27-17-18-32(42-22-21-38-19-7-2-8-20-38)30(24-27)34(39)37-31(35(40)41)23-25-13-15-26(16-14-25)29-11-5-6-12-33(29)43-28-9-3-1-4-10-28/h1,3-6,9-18,24,31H,2,7-8,19-23H2,(H,37,39)(H,40,41)/t31-/m0/s1. The number of hydrogen-bond acceptors (Lipinski definition) is 5. The number of nitrogens with zero attached hydrogens (tertiary/aromatic N) is 1. The molecule has 1 saturated heterocycles. The van der Waals surface area contributed by atoms with Gasteiger partial charge in [-0.3, -0.25) is 9.69 Å². The van der Waals surface area contributed by atoms with Crippen LogP contribution < -0.4 is 14.8 Å². The number of carboxylic acid groups (broad SMARTS) is 1. The number of rotatable bonds is 12. The van der Waals surface area contributed by atoms with Gasteiger partial charge in [0.15, 0.2) is 0 Å². The Labute approximate surface area is 260 Å². The molecule has 7 nitrogen and oxygen atoms in total. The van der Waals surface area contributed by atoms with Gasteiger partial charge in [-0.1, -0.05) is 83.0 Å². The van der Waals surface area contributed by atoms with Gasteiger partial charge >= 0.3 is 5.97 Å². The lowest BCUT2D eigenvalue weighted by Gasteiger charge is -2.26. The summed E-state index contributed by atoms with van der Waals surface area (Å²) in [6, 6.07) is 29.1. The summed E-state index contributed by atoms with van der Waals surface area (Å²) in [6.45, 7) is 3.36. The van der Waals surface area contributed by atoms with Crippen LogP contribution in [-0.2, 0) is 11.2 Å². The fourth-order valence-electron chi connectivity index (χ4n) is 5.18. The van der Waals surface area contributed by atoms with Crippen molar-refractivity contribution >= 4 is 27.8 Å². The van der Waals surface area contributed by atoms with Gasteiger partial charge in [0.25, 0.3) is 5.91 Å².